The molecule has 0 heterocycles. The third-order valence-corrected chi connectivity index (χ3v) is 2.66. The van der Waals surface area contributed by atoms with Crippen LogP contribution in [0.1, 0.15) is 11.1 Å². The van der Waals surface area contributed by atoms with Crippen LogP contribution in [-0.2, 0) is 0 Å². The summed E-state index contributed by atoms with van der Waals surface area (Å²) in [5.74, 6) is 0. The van der Waals surface area contributed by atoms with E-state index in [0.29, 0.717) is 0 Å². The highest BCUT2D eigenvalue weighted by molar-refractivity contribution is 7.07. The molecular formula is C9H13ClNSi. The van der Waals surface area contributed by atoms with Gasteiger partial charge >= 0.3 is 0 Å². The molecule has 3 heteroatoms. The first kappa shape index (κ1) is 9.61. The van der Waals surface area contributed by atoms with Crippen molar-refractivity contribution in [1.82, 2.24) is 0 Å². The number of hydrogen-bond acceptors (Lipinski definition) is 1. The van der Waals surface area contributed by atoms with Gasteiger partial charge in [-0.25, -0.2) is 0 Å². The quantitative estimate of drug-likeness (QED) is 0.569. The zero-order valence-electron chi connectivity index (χ0n) is 7.61. The highest BCUT2D eigenvalue weighted by Crippen LogP contribution is 2.19. The third kappa shape index (κ3) is 2.25. The molecule has 0 aliphatic carbocycles. The van der Waals surface area contributed by atoms with Crippen LogP contribution >= 0.6 is 11.1 Å². The minimum atomic E-state index is -0.909. The van der Waals surface area contributed by atoms with E-state index in [0.717, 1.165) is 0 Å². The van der Waals surface area contributed by atoms with E-state index in [-0.39, 0.29) is 0 Å². The molecule has 0 spiro atoms. The molecule has 0 saturated carbocycles. The standard InChI is InChI=1S/C9H13ClNSi/c1-7-5-4-6-8(2)9(7)11-12(3)10/h4-6,11H,1-3H3. The van der Waals surface area contributed by atoms with Gasteiger partial charge in [-0.1, -0.05) is 18.2 Å². The number of anilines is 1. The summed E-state index contributed by atoms with van der Waals surface area (Å²) in [6.45, 7) is 6.21. The molecule has 0 saturated heterocycles. The number of rotatable bonds is 2. The number of hydrogen-bond donors (Lipinski definition) is 1. The monoisotopic (exact) mass is 198 g/mol. The predicted molar refractivity (Wildman–Crippen MR) is 57.0 cm³/mol. The van der Waals surface area contributed by atoms with Gasteiger partial charge in [-0.3, -0.25) is 0 Å². The summed E-state index contributed by atoms with van der Waals surface area (Å²) in [6, 6.07) is 6.25. The molecule has 0 aliphatic rings. The van der Waals surface area contributed by atoms with Crippen LogP contribution in [0.2, 0.25) is 6.55 Å². The van der Waals surface area contributed by atoms with Crippen LogP contribution in [0.3, 0.4) is 0 Å². The van der Waals surface area contributed by atoms with Crippen molar-refractivity contribution in [3.05, 3.63) is 29.3 Å². The van der Waals surface area contributed by atoms with E-state index in [1.807, 2.05) is 6.55 Å². The second-order valence-electron chi connectivity index (χ2n) is 2.93. The molecule has 65 valence electrons. The molecule has 1 aromatic rings. The van der Waals surface area contributed by atoms with E-state index < -0.39 is 8.27 Å². The average molecular weight is 199 g/mol. The van der Waals surface area contributed by atoms with Crippen molar-refractivity contribution >= 4 is 25.0 Å². The number of aryl methyl sites for hydroxylation is 2. The van der Waals surface area contributed by atoms with E-state index in [4.69, 9.17) is 11.1 Å². The lowest BCUT2D eigenvalue weighted by Crippen LogP contribution is -2.14. The van der Waals surface area contributed by atoms with E-state index >= 15 is 0 Å². The molecule has 0 atom stereocenters. The molecule has 0 aliphatic heterocycles. The largest absolute Gasteiger partial charge is 0.398 e. The summed E-state index contributed by atoms with van der Waals surface area (Å²) in [5, 5.41) is 0. The molecule has 0 aromatic heterocycles. The van der Waals surface area contributed by atoms with Crippen LogP contribution in [0, 0.1) is 13.8 Å². The van der Waals surface area contributed by atoms with E-state index in [9.17, 15) is 0 Å². The van der Waals surface area contributed by atoms with Crippen LogP contribution in [0.15, 0.2) is 18.2 Å². The number of para-hydroxylation sites is 1. The lowest BCUT2D eigenvalue weighted by Gasteiger charge is -2.12. The smallest absolute Gasteiger partial charge is 0.277 e. The number of halogens is 1. The lowest BCUT2D eigenvalue weighted by molar-refractivity contribution is 1.38. The van der Waals surface area contributed by atoms with Crippen molar-refractivity contribution in [2.24, 2.45) is 0 Å². The Labute approximate surface area is 80.1 Å². The van der Waals surface area contributed by atoms with E-state index in [1.165, 1.54) is 16.8 Å². The highest BCUT2D eigenvalue weighted by atomic mass is 35.6. The molecular weight excluding hydrogens is 186 g/mol. The van der Waals surface area contributed by atoms with E-state index in [2.05, 4.69) is 37.0 Å². The van der Waals surface area contributed by atoms with Crippen molar-refractivity contribution in [3.63, 3.8) is 0 Å². The molecule has 0 bridgehead atoms. The second kappa shape index (κ2) is 3.96. The maximum Gasteiger partial charge on any atom is 0.277 e. The number of nitrogens with one attached hydrogen (secondary N) is 1. The zero-order valence-corrected chi connectivity index (χ0v) is 9.37. The Bertz CT molecular complexity index is 253. The van der Waals surface area contributed by atoms with Crippen molar-refractivity contribution in [2.45, 2.75) is 20.4 Å². The normalized spacial score (nSPS) is 10.4. The highest BCUT2D eigenvalue weighted by Gasteiger charge is 2.04. The fourth-order valence-electron chi connectivity index (χ4n) is 1.18. The summed E-state index contributed by atoms with van der Waals surface area (Å²) in [5.41, 5.74) is 3.73. The Morgan fingerprint density at radius 2 is 1.75 bits per heavy atom. The Kier molecular flexibility index (Phi) is 3.17. The first-order valence-corrected chi connectivity index (χ1v) is 6.94. The van der Waals surface area contributed by atoms with Crippen molar-refractivity contribution in [2.75, 3.05) is 4.98 Å². The average Bonchev–Trinajstić information content (AvgIpc) is 1.97. The molecule has 1 radical (unpaired) electrons. The maximum atomic E-state index is 5.95. The summed E-state index contributed by atoms with van der Waals surface area (Å²) in [7, 11) is -0.909. The Hall–Kier alpha value is -0.473. The van der Waals surface area contributed by atoms with Crippen molar-refractivity contribution in [1.29, 1.82) is 0 Å². The fourth-order valence-corrected chi connectivity index (χ4v) is 2.21. The topological polar surface area (TPSA) is 12.0 Å². The SMILES string of the molecule is Cc1cccc(C)c1N[Si](C)Cl. The maximum absolute atomic E-state index is 5.95. The number of benzene rings is 1. The van der Waals surface area contributed by atoms with Gasteiger partial charge in [0.2, 0.25) is 0 Å². The molecule has 0 amide bonds. The second-order valence-corrected chi connectivity index (χ2v) is 5.94. The Morgan fingerprint density at radius 3 is 2.17 bits per heavy atom. The molecule has 1 N–H and O–H groups in total. The molecule has 1 rings (SSSR count). The van der Waals surface area contributed by atoms with Crippen molar-refractivity contribution in [3.8, 4) is 0 Å². The Morgan fingerprint density at radius 1 is 1.25 bits per heavy atom. The van der Waals surface area contributed by atoms with Gasteiger partial charge in [-0.2, -0.15) is 0 Å². The lowest BCUT2D eigenvalue weighted by atomic mass is 10.1. The molecule has 0 unspecified atom stereocenters. The van der Waals surface area contributed by atoms with Gasteiger partial charge in [0.1, 0.15) is 0 Å². The van der Waals surface area contributed by atoms with Gasteiger partial charge in [0.05, 0.1) is 0 Å². The predicted octanol–water partition coefficient (Wildman–Crippen LogP) is 3.07. The van der Waals surface area contributed by atoms with Gasteiger partial charge < -0.3 is 4.98 Å². The van der Waals surface area contributed by atoms with Gasteiger partial charge in [0, 0.05) is 5.69 Å². The van der Waals surface area contributed by atoms with Crippen LogP contribution in [0.25, 0.3) is 0 Å². The molecule has 1 aromatic carbocycles. The molecule has 1 nitrogen and oxygen atoms in total. The molecule has 12 heavy (non-hydrogen) atoms. The zero-order chi connectivity index (χ0) is 9.14. The van der Waals surface area contributed by atoms with Crippen LogP contribution in [0.5, 0.6) is 0 Å². The van der Waals surface area contributed by atoms with Gasteiger partial charge in [-0.15, -0.1) is 11.1 Å². The summed E-state index contributed by atoms with van der Waals surface area (Å²) in [4.78, 5) is 3.31. The van der Waals surface area contributed by atoms with Crippen molar-refractivity contribution < 1.29 is 0 Å². The first-order valence-electron chi connectivity index (χ1n) is 3.93. The molecule has 0 fully saturated rings. The van der Waals surface area contributed by atoms with Gasteiger partial charge in [-0.05, 0) is 31.5 Å². The first-order chi connectivity index (χ1) is 5.61. The Balaban J connectivity index is 2.96. The van der Waals surface area contributed by atoms with Crippen LogP contribution in [0.4, 0.5) is 5.69 Å². The minimum absolute atomic E-state index is 0.909. The summed E-state index contributed by atoms with van der Waals surface area (Å²) >= 11 is 5.95. The van der Waals surface area contributed by atoms with Crippen LogP contribution < -0.4 is 4.98 Å². The van der Waals surface area contributed by atoms with Gasteiger partial charge in [0.25, 0.3) is 8.27 Å². The van der Waals surface area contributed by atoms with Crippen LogP contribution in [-0.4, -0.2) is 8.27 Å². The fraction of sp³-hybridized carbons (Fsp3) is 0.333. The van der Waals surface area contributed by atoms with Gasteiger partial charge in [0.15, 0.2) is 0 Å². The summed E-state index contributed by atoms with van der Waals surface area (Å²) < 4.78 is 0. The third-order valence-electron chi connectivity index (χ3n) is 1.78. The minimum Gasteiger partial charge on any atom is -0.398 e. The van der Waals surface area contributed by atoms with E-state index in [1.54, 1.807) is 0 Å². The summed E-state index contributed by atoms with van der Waals surface area (Å²) in [6.07, 6.45) is 0.